The summed E-state index contributed by atoms with van der Waals surface area (Å²) in [7, 11) is 0. The van der Waals surface area contributed by atoms with Gasteiger partial charge in [-0.3, -0.25) is 9.69 Å². The largest absolute Gasteiger partial charge is 0.339 e. The molecule has 4 nitrogen and oxygen atoms in total. The van der Waals surface area contributed by atoms with Gasteiger partial charge in [-0.1, -0.05) is 61.9 Å². The second kappa shape index (κ2) is 7.22. The molecule has 0 bridgehead atoms. The van der Waals surface area contributed by atoms with Gasteiger partial charge in [0.05, 0.1) is 12.1 Å². The Morgan fingerprint density at radius 1 is 1.00 bits per heavy atom. The fourth-order valence-corrected chi connectivity index (χ4v) is 4.39. The highest BCUT2D eigenvalue weighted by atomic mass is 16.2. The zero-order valence-electron chi connectivity index (χ0n) is 15.4. The Bertz CT molecular complexity index is 750. The van der Waals surface area contributed by atoms with Crippen LogP contribution < -0.4 is 5.73 Å². The summed E-state index contributed by atoms with van der Waals surface area (Å²) in [4.78, 5) is 17.0. The summed E-state index contributed by atoms with van der Waals surface area (Å²) in [6, 6.07) is 17.4. The van der Waals surface area contributed by atoms with Crippen molar-refractivity contribution in [2.24, 2.45) is 5.73 Å². The molecule has 2 N–H and O–H groups in total. The maximum atomic E-state index is 12.5. The number of carbonyl (C=O) groups excluding carboxylic acids is 1. The highest BCUT2D eigenvalue weighted by Crippen LogP contribution is 2.46. The molecule has 2 aliphatic rings. The molecule has 2 aromatic carbocycles. The van der Waals surface area contributed by atoms with Crippen LogP contribution >= 0.6 is 0 Å². The normalized spacial score (nSPS) is 18.5. The minimum atomic E-state index is -0.348. The molecule has 1 saturated heterocycles. The molecule has 0 aromatic heterocycles. The lowest BCUT2D eigenvalue weighted by molar-refractivity contribution is -0.134. The molecule has 1 aliphatic carbocycles. The third kappa shape index (κ3) is 2.93. The quantitative estimate of drug-likeness (QED) is 0.923. The van der Waals surface area contributed by atoms with E-state index in [9.17, 15) is 4.79 Å². The summed E-state index contributed by atoms with van der Waals surface area (Å²) in [5, 5.41) is 0. The monoisotopic (exact) mass is 349 g/mol. The van der Waals surface area contributed by atoms with E-state index in [1.807, 2.05) is 4.90 Å². The van der Waals surface area contributed by atoms with E-state index in [-0.39, 0.29) is 11.9 Å². The first-order valence-corrected chi connectivity index (χ1v) is 9.67. The number of carbonyl (C=O) groups is 1. The predicted molar refractivity (Wildman–Crippen MR) is 105 cm³/mol. The highest BCUT2D eigenvalue weighted by molar-refractivity contribution is 5.82. The van der Waals surface area contributed by atoms with Crippen molar-refractivity contribution in [1.29, 1.82) is 0 Å². The van der Waals surface area contributed by atoms with Gasteiger partial charge in [-0.25, -0.2) is 0 Å². The van der Waals surface area contributed by atoms with Gasteiger partial charge in [-0.2, -0.15) is 0 Å². The first-order valence-electron chi connectivity index (χ1n) is 9.67. The number of amides is 1. The smallest absolute Gasteiger partial charge is 0.239 e. The first kappa shape index (κ1) is 17.3. The SMILES string of the molecule is CCCC(N)C(=O)N1CCN(C2c3ccccc3-c3ccccc32)CC1. The summed E-state index contributed by atoms with van der Waals surface area (Å²) >= 11 is 0. The van der Waals surface area contributed by atoms with E-state index in [2.05, 4.69) is 60.4 Å². The van der Waals surface area contributed by atoms with E-state index in [0.717, 1.165) is 39.0 Å². The molecule has 1 heterocycles. The molecule has 0 radical (unpaired) electrons. The van der Waals surface area contributed by atoms with Crippen LogP contribution in [-0.4, -0.2) is 47.9 Å². The van der Waals surface area contributed by atoms with Gasteiger partial charge < -0.3 is 10.6 Å². The van der Waals surface area contributed by atoms with Crippen molar-refractivity contribution in [3.63, 3.8) is 0 Å². The van der Waals surface area contributed by atoms with Crippen LogP contribution in [0.2, 0.25) is 0 Å². The predicted octanol–water partition coefficient (Wildman–Crippen LogP) is 3.03. The van der Waals surface area contributed by atoms with Crippen LogP contribution in [0.3, 0.4) is 0 Å². The third-order valence-corrected chi connectivity index (χ3v) is 5.71. The Hall–Kier alpha value is -2.17. The molecule has 1 amide bonds. The van der Waals surface area contributed by atoms with Crippen molar-refractivity contribution in [2.75, 3.05) is 26.2 Å². The lowest BCUT2D eigenvalue weighted by Crippen LogP contribution is -2.53. The number of rotatable bonds is 4. The molecule has 136 valence electrons. The lowest BCUT2D eigenvalue weighted by Gasteiger charge is -2.39. The van der Waals surface area contributed by atoms with Gasteiger partial charge in [0.1, 0.15) is 0 Å². The topological polar surface area (TPSA) is 49.6 Å². The minimum absolute atomic E-state index is 0.110. The molecule has 4 rings (SSSR count). The van der Waals surface area contributed by atoms with Crippen LogP contribution in [0, 0.1) is 0 Å². The molecular formula is C22H27N3O. The molecule has 26 heavy (non-hydrogen) atoms. The van der Waals surface area contributed by atoms with Crippen LogP contribution in [-0.2, 0) is 4.79 Å². The summed E-state index contributed by atoms with van der Waals surface area (Å²) in [6.07, 6.45) is 1.71. The van der Waals surface area contributed by atoms with Crippen molar-refractivity contribution >= 4 is 5.91 Å². The van der Waals surface area contributed by atoms with E-state index < -0.39 is 0 Å². The van der Waals surface area contributed by atoms with Gasteiger partial charge in [0.2, 0.25) is 5.91 Å². The molecule has 2 aromatic rings. The summed E-state index contributed by atoms with van der Waals surface area (Å²) < 4.78 is 0. The average molecular weight is 349 g/mol. The number of fused-ring (bicyclic) bond motifs is 3. The molecule has 1 aliphatic heterocycles. The van der Waals surface area contributed by atoms with Crippen molar-refractivity contribution in [3.8, 4) is 11.1 Å². The zero-order chi connectivity index (χ0) is 18.1. The van der Waals surface area contributed by atoms with Crippen molar-refractivity contribution < 1.29 is 4.79 Å². The Labute approximate surface area is 155 Å². The van der Waals surface area contributed by atoms with Gasteiger partial charge in [0.15, 0.2) is 0 Å². The van der Waals surface area contributed by atoms with Crippen LogP contribution in [0.15, 0.2) is 48.5 Å². The first-order chi connectivity index (χ1) is 12.7. The van der Waals surface area contributed by atoms with Crippen LogP contribution in [0.1, 0.15) is 36.9 Å². The minimum Gasteiger partial charge on any atom is -0.339 e. The van der Waals surface area contributed by atoms with Gasteiger partial charge in [-0.15, -0.1) is 0 Å². The van der Waals surface area contributed by atoms with E-state index in [1.165, 1.54) is 22.3 Å². The maximum Gasteiger partial charge on any atom is 0.239 e. The number of piperazine rings is 1. The Morgan fingerprint density at radius 2 is 1.54 bits per heavy atom. The Kier molecular flexibility index (Phi) is 4.79. The van der Waals surface area contributed by atoms with Crippen LogP contribution in [0.5, 0.6) is 0 Å². The standard InChI is InChI=1S/C22H27N3O/c1-2-7-20(23)22(26)25-14-12-24(13-15-25)21-18-10-5-3-8-16(18)17-9-4-6-11-19(17)21/h3-6,8-11,20-21H,2,7,12-15,23H2,1H3. The Balaban J connectivity index is 1.53. The zero-order valence-corrected chi connectivity index (χ0v) is 15.4. The second-order valence-electron chi connectivity index (χ2n) is 7.33. The molecule has 1 unspecified atom stereocenters. The summed E-state index contributed by atoms with van der Waals surface area (Å²) in [5.74, 6) is 0.110. The van der Waals surface area contributed by atoms with E-state index in [1.54, 1.807) is 0 Å². The van der Waals surface area contributed by atoms with Gasteiger partial charge >= 0.3 is 0 Å². The van der Waals surface area contributed by atoms with Crippen LogP contribution in [0.25, 0.3) is 11.1 Å². The molecule has 0 saturated carbocycles. The summed E-state index contributed by atoms with van der Waals surface area (Å²) in [5.41, 5.74) is 11.5. The Morgan fingerprint density at radius 3 is 2.08 bits per heavy atom. The molecular weight excluding hydrogens is 322 g/mol. The number of hydrogen-bond donors (Lipinski definition) is 1. The van der Waals surface area contributed by atoms with E-state index >= 15 is 0 Å². The maximum absolute atomic E-state index is 12.5. The average Bonchev–Trinajstić information content (AvgIpc) is 3.02. The fraction of sp³-hybridized carbons (Fsp3) is 0.409. The molecule has 0 spiro atoms. The van der Waals surface area contributed by atoms with Gasteiger partial charge in [-0.05, 0) is 28.7 Å². The van der Waals surface area contributed by atoms with E-state index in [0.29, 0.717) is 6.04 Å². The number of benzene rings is 2. The van der Waals surface area contributed by atoms with Gasteiger partial charge in [0.25, 0.3) is 0 Å². The fourth-order valence-electron chi connectivity index (χ4n) is 4.39. The van der Waals surface area contributed by atoms with Gasteiger partial charge in [0, 0.05) is 26.2 Å². The second-order valence-corrected chi connectivity index (χ2v) is 7.33. The molecule has 1 fully saturated rings. The number of nitrogens with zero attached hydrogens (tertiary/aromatic N) is 2. The van der Waals surface area contributed by atoms with Crippen molar-refractivity contribution in [3.05, 3.63) is 59.7 Å². The van der Waals surface area contributed by atoms with Crippen LogP contribution in [0.4, 0.5) is 0 Å². The van der Waals surface area contributed by atoms with E-state index in [4.69, 9.17) is 5.73 Å². The molecule has 4 heteroatoms. The summed E-state index contributed by atoms with van der Waals surface area (Å²) in [6.45, 7) is 5.37. The number of nitrogens with two attached hydrogens (primary N) is 1. The van der Waals surface area contributed by atoms with Crippen molar-refractivity contribution in [1.82, 2.24) is 9.80 Å². The van der Waals surface area contributed by atoms with Crippen molar-refractivity contribution in [2.45, 2.75) is 31.8 Å². The third-order valence-electron chi connectivity index (χ3n) is 5.71. The molecule has 1 atom stereocenters. The number of hydrogen-bond acceptors (Lipinski definition) is 3. The lowest BCUT2D eigenvalue weighted by atomic mass is 10.0. The highest BCUT2D eigenvalue weighted by Gasteiger charge is 2.35.